The number of ether oxygens (including phenoxy) is 1. The number of rotatable bonds is 12. The second-order valence-corrected chi connectivity index (χ2v) is 11.0. The molecule has 0 bridgehead atoms. The Hall–Kier alpha value is -1.53. The molecule has 0 heterocycles. The zero-order valence-corrected chi connectivity index (χ0v) is 20.0. The van der Waals surface area contributed by atoms with E-state index in [0.29, 0.717) is 37.5 Å². The normalized spacial score (nSPS) is 29.3. The Balaban J connectivity index is 1.80. The molecule has 176 valence electrons. The van der Waals surface area contributed by atoms with Gasteiger partial charge in [-0.3, -0.25) is 9.59 Å². The number of hydrogen-bond acceptors (Lipinski definition) is 6. The van der Waals surface area contributed by atoms with Crippen molar-refractivity contribution in [2.45, 2.75) is 92.8 Å². The lowest BCUT2D eigenvalue weighted by molar-refractivity contribution is -0.338. The Morgan fingerprint density at radius 1 is 1.13 bits per heavy atom. The highest BCUT2D eigenvalue weighted by atomic mass is 17.1. The van der Waals surface area contributed by atoms with E-state index in [4.69, 9.17) is 4.74 Å². The van der Waals surface area contributed by atoms with Crippen LogP contribution in [0.4, 0.5) is 0 Å². The summed E-state index contributed by atoms with van der Waals surface area (Å²) in [6.45, 7) is 15.9. The minimum Gasteiger partial charge on any atom is -0.433 e. The number of carbonyl (C=O) groups is 3. The summed E-state index contributed by atoms with van der Waals surface area (Å²) in [7, 11) is 0. The molecule has 31 heavy (non-hydrogen) atoms. The standard InChI is InChI=1S/C25H40O6/c1-15(19-14-24(4,5)20(19)10-9-16(2)26)8-11-23(31-29)30-22(28)13-18-12-21(17(3)27)25(18,6)7/h18-21,23,29H,1,8-14H2,2-7H3/t18-,19+,20+,21?,23?/m0/s1. The molecule has 0 aromatic heterocycles. The molecule has 0 aliphatic heterocycles. The predicted octanol–water partition coefficient (Wildman–Crippen LogP) is 5.35. The highest BCUT2D eigenvalue weighted by Gasteiger charge is 2.51. The van der Waals surface area contributed by atoms with Crippen LogP contribution in [0.15, 0.2) is 12.2 Å². The molecule has 0 saturated heterocycles. The minimum absolute atomic E-state index is 0.0128. The van der Waals surface area contributed by atoms with Gasteiger partial charge in [-0.2, -0.15) is 4.89 Å². The lowest BCUT2D eigenvalue weighted by Crippen LogP contribution is -2.49. The van der Waals surface area contributed by atoms with Gasteiger partial charge < -0.3 is 9.53 Å². The maximum absolute atomic E-state index is 12.4. The molecule has 2 fully saturated rings. The molecule has 6 heteroatoms. The lowest BCUT2D eigenvalue weighted by Gasteiger charge is -2.53. The molecular formula is C25H40O6. The van der Waals surface area contributed by atoms with E-state index in [1.807, 2.05) is 13.8 Å². The van der Waals surface area contributed by atoms with Crippen molar-refractivity contribution in [1.82, 2.24) is 0 Å². The molecule has 2 saturated carbocycles. The van der Waals surface area contributed by atoms with Crippen LogP contribution in [0.1, 0.15) is 86.5 Å². The van der Waals surface area contributed by atoms with Crippen LogP contribution >= 0.6 is 0 Å². The van der Waals surface area contributed by atoms with E-state index in [2.05, 4.69) is 25.3 Å². The van der Waals surface area contributed by atoms with Crippen LogP contribution in [-0.2, 0) is 24.0 Å². The van der Waals surface area contributed by atoms with Crippen molar-refractivity contribution in [3.8, 4) is 0 Å². The predicted molar refractivity (Wildman–Crippen MR) is 118 cm³/mol. The first kappa shape index (κ1) is 25.7. The Labute approximate surface area is 186 Å². The van der Waals surface area contributed by atoms with Crippen molar-refractivity contribution < 1.29 is 29.3 Å². The summed E-state index contributed by atoms with van der Waals surface area (Å²) in [5.41, 5.74) is 1.02. The monoisotopic (exact) mass is 436 g/mol. The zero-order valence-electron chi connectivity index (χ0n) is 20.0. The number of ketones is 2. The van der Waals surface area contributed by atoms with Crippen LogP contribution in [0, 0.1) is 34.5 Å². The first-order valence-corrected chi connectivity index (χ1v) is 11.5. The van der Waals surface area contributed by atoms with Crippen LogP contribution in [-0.4, -0.2) is 29.1 Å². The first-order valence-electron chi connectivity index (χ1n) is 11.5. The molecule has 2 aliphatic rings. The van der Waals surface area contributed by atoms with Crippen LogP contribution in [0.3, 0.4) is 0 Å². The SMILES string of the molecule is C=C(CCC(OO)OC(=O)C[C@@H]1CC(C(C)=O)C1(C)C)[C@H]1CC(C)(C)[C@@H]1CCC(C)=O. The van der Waals surface area contributed by atoms with Gasteiger partial charge in [-0.15, -0.1) is 0 Å². The Morgan fingerprint density at radius 3 is 2.26 bits per heavy atom. The molecular weight excluding hydrogens is 396 g/mol. The van der Waals surface area contributed by atoms with Crippen LogP contribution in [0.5, 0.6) is 0 Å². The van der Waals surface area contributed by atoms with E-state index in [1.54, 1.807) is 13.8 Å². The van der Waals surface area contributed by atoms with Gasteiger partial charge in [0.1, 0.15) is 11.6 Å². The number of hydrogen-bond donors (Lipinski definition) is 1. The maximum atomic E-state index is 12.4. The molecule has 0 spiro atoms. The molecule has 6 nitrogen and oxygen atoms in total. The summed E-state index contributed by atoms with van der Waals surface area (Å²) >= 11 is 0. The summed E-state index contributed by atoms with van der Waals surface area (Å²) in [5.74, 6) is 0.763. The van der Waals surface area contributed by atoms with Gasteiger partial charge >= 0.3 is 5.97 Å². The largest absolute Gasteiger partial charge is 0.433 e. The van der Waals surface area contributed by atoms with Crippen molar-refractivity contribution in [3.05, 3.63) is 12.2 Å². The minimum atomic E-state index is -1.03. The van der Waals surface area contributed by atoms with Gasteiger partial charge in [0.05, 0.1) is 0 Å². The van der Waals surface area contributed by atoms with Gasteiger partial charge in [0.2, 0.25) is 6.29 Å². The van der Waals surface area contributed by atoms with Crippen LogP contribution in [0.25, 0.3) is 0 Å². The fourth-order valence-electron chi connectivity index (χ4n) is 5.69. The number of Topliss-reactive ketones (excluding diaryl/α,β-unsaturated/α-hetero) is 2. The van der Waals surface area contributed by atoms with Crippen molar-refractivity contribution >= 4 is 17.5 Å². The van der Waals surface area contributed by atoms with Gasteiger partial charge in [0, 0.05) is 25.2 Å². The molecule has 0 aromatic carbocycles. The highest BCUT2D eigenvalue weighted by Crippen LogP contribution is 2.56. The van der Waals surface area contributed by atoms with E-state index in [0.717, 1.165) is 18.4 Å². The van der Waals surface area contributed by atoms with E-state index in [-0.39, 0.29) is 40.7 Å². The average molecular weight is 437 g/mol. The second kappa shape index (κ2) is 9.95. The smallest absolute Gasteiger partial charge is 0.308 e. The maximum Gasteiger partial charge on any atom is 0.308 e. The Morgan fingerprint density at radius 2 is 1.77 bits per heavy atom. The van der Waals surface area contributed by atoms with Crippen LogP contribution < -0.4 is 0 Å². The summed E-state index contributed by atoms with van der Waals surface area (Å²) in [5, 5.41) is 9.21. The molecule has 2 unspecified atom stereocenters. The van der Waals surface area contributed by atoms with Crippen molar-refractivity contribution in [2.75, 3.05) is 0 Å². The van der Waals surface area contributed by atoms with E-state index < -0.39 is 12.3 Å². The Bertz CT molecular complexity index is 707. The fourth-order valence-corrected chi connectivity index (χ4v) is 5.69. The van der Waals surface area contributed by atoms with Crippen LogP contribution in [0.2, 0.25) is 0 Å². The van der Waals surface area contributed by atoms with Crippen molar-refractivity contribution in [1.29, 1.82) is 0 Å². The lowest BCUT2D eigenvalue weighted by atomic mass is 9.52. The molecule has 1 N–H and O–H groups in total. The Kier molecular flexibility index (Phi) is 8.26. The molecule has 0 amide bonds. The third-order valence-electron chi connectivity index (χ3n) is 8.02. The summed E-state index contributed by atoms with van der Waals surface area (Å²) in [6.07, 6.45) is 3.25. The van der Waals surface area contributed by atoms with Gasteiger partial charge in [-0.1, -0.05) is 39.8 Å². The van der Waals surface area contributed by atoms with E-state index in [1.165, 1.54) is 0 Å². The third kappa shape index (κ3) is 6.04. The summed E-state index contributed by atoms with van der Waals surface area (Å²) < 4.78 is 5.34. The first-order chi connectivity index (χ1) is 14.3. The average Bonchev–Trinajstić information content (AvgIpc) is 2.65. The van der Waals surface area contributed by atoms with E-state index >= 15 is 0 Å². The third-order valence-corrected chi connectivity index (χ3v) is 8.02. The molecule has 2 aliphatic carbocycles. The number of allylic oxidation sites excluding steroid dienone is 1. The van der Waals surface area contributed by atoms with Gasteiger partial charge in [0.15, 0.2) is 0 Å². The van der Waals surface area contributed by atoms with Crippen molar-refractivity contribution in [2.24, 2.45) is 34.5 Å². The molecule has 0 radical (unpaired) electrons. The highest BCUT2D eigenvalue weighted by molar-refractivity contribution is 5.81. The fraction of sp³-hybridized carbons (Fsp3) is 0.800. The topological polar surface area (TPSA) is 89.9 Å². The summed E-state index contributed by atoms with van der Waals surface area (Å²) in [4.78, 5) is 39.8. The number of carbonyl (C=O) groups excluding carboxylic acids is 3. The summed E-state index contributed by atoms with van der Waals surface area (Å²) in [6, 6.07) is 0. The molecule has 0 aromatic rings. The van der Waals surface area contributed by atoms with Gasteiger partial charge in [-0.05, 0) is 68.1 Å². The van der Waals surface area contributed by atoms with Gasteiger partial charge in [0.25, 0.3) is 0 Å². The zero-order chi connectivity index (χ0) is 23.6. The van der Waals surface area contributed by atoms with Gasteiger partial charge in [-0.25, -0.2) is 5.26 Å². The quantitative estimate of drug-likeness (QED) is 0.146. The van der Waals surface area contributed by atoms with E-state index in [9.17, 15) is 19.6 Å². The molecule has 5 atom stereocenters. The number of esters is 1. The second-order valence-electron chi connectivity index (χ2n) is 11.0. The van der Waals surface area contributed by atoms with Crippen molar-refractivity contribution in [3.63, 3.8) is 0 Å². The molecule has 2 rings (SSSR count).